The zero-order valence-corrected chi connectivity index (χ0v) is 27.2. The average Bonchev–Trinajstić information content (AvgIpc) is 3.69. The number of hydrogen-bond acceptors (Lipinski definition) is 11. The number of pyridine rings is 1. The van der Waals surface area contributed by atoms with Gasteiger partial charge in [0.1, 0.15) is 23.4 Å². The minimum absolute atomic E-state index is 0.122. The summed E-state index contributed by atoms with van der Waals surface area (Å²) in [6.45, 7) is 5.01. The van der Waals surface area contributed by atoms with Crippen LogP contribution < -0.4 is 15.0 Å². The van der Waals surface area contributed by atoms with Crippen molar-refractivity contribution in [3.8, 4) is 5.75 Å². The van der Waals surface area contributed by atoms with Crippen LogP contribution in [0.1, 0.15) is 30.5 Å². The number of aliphatic carboxylic acids is 1. The second-order valence-electron chi connectivity index (χ2n) is 11.6. The highest BCUT2D eigenvalue weighted by Crippen LogP contribution is 2.37. The van der Waals surface area contributed by atoms with Crippen molar-refractivity contribution in [1.29, 1.82) is 0 Å². The summed E-state index contributed by atoms with van der Waals surface area (Å²) in [5.74, 6) is -1.10. The molecule has 3 aliphatic rings. The third kappa shape index (κ3) is 6.50. The van der Waals surface area contributed by atoms with Gasteiger partial charge in [-0.3, -0.25) is 14.8 Å². The first-order valence-electron chi connectivity index (χ1n) is 14.6. The number of amides is 2. The third-order valence-corrected chi connectivity index (χ3v) is 9.23. The second-order valence-corrected chi connectivity index (χ2v) is 12.9. The Kier molecular flexibility index (Phi) is 8.87. The highest BCUT2D eigenvalue weighted by atomic mass is 35.5. The van der Waals surface area contributed by atoms with E-state index in [0.29, 0.717) is 60.6 Å². The Balaban J connectivity index is 1.23. The molecule has 2 aromatic heterocycles. The Hall–Kier alpha value is -4.60. The van der Waals surface area contributed by atoms with E-state index in [1.165, 1.54) is 56.7 Å². The van der Waals surface area contributed by atoms with Crippen molar-refractivity contribution in [2.45, 2.75) is 31.5 Å². The number of aliphatic imine (C=N–C) groups is 1. The molecule has 0 unspecified atom stereocenters. The van der Waals surface area contributed by atoms with Crippen LogP contribution in [0.25, 0.3) is 0 Å². The Bertz CT molecular complexity index is 1770. The summed E-state index contributed by atoms with van der Waals surface area (Å²) in [6.07, 6.45) is 3.05. The lowest BCUT2D eigenvalue weighted by molar-refractivity contribution is -0.152. The van der Waals surface area contributed by atoms with Crippen molar-refractivity contribution in [2.24, 2.45) is 4.99 Å². The van der Waals surface area contributed by atoms with Crippen LogP contribution in [0.2, 0.25) is 5.02 Å². The van der Waals surface area contributed by atoms with E-state index in [4.69, 9.17) is 26.1 Å². The molecule has 47 heavy (non-hydrogen) atoms. The molecule has 1 aromatic carbocycles. The van der Waals surface area contributed by atoms with Crippen LogP contribution in [-0.4, -0.2) is 100 Å². The Morgan fingerprint density at radius 3 is 2.66 bits per heavy atom. The topological polar surface area (TPSA) is 150 Å². The summed E-state index contributed by atoms with van der Waals surface area (Å²) in [7, 11) is 1.29. The van der Waals surface area contributed by atoms with E-state index < -0.39 is 29.4 Å². The molecule has 0 aliphatic carbocycles. The number of carboxylic acid groups (broad SMARTS) is 1. The first kappa shape index (κ1) is 32.3. The van der Waals surface area contributed by atoms with Crippen LogP contribution in [0, 0.1) is 5.82 Å². The molecule has 0 saturated carbocycles. The normalized spacial score (nSPS) is 20.1. The Morgan fingerprint density at radius 1 is 1.19 bits per heavy atom. The number of esters is 1. The number of carboxylic acids is 1. The number of halogens is 2. The van der Waals surface area contributed by atoms with E-state index in [0.717, 1.165) is 0 Å². The highest BCUT2D eigenvalue weighted by molar-refractivity contribution is 7.11. The lowest BCUT2D eigenvalue weighted by atomic mass is 9.95. The molecule has 16 heteroatoms. The van der Waals surface area contributed by atoms with Gasteiger partial charge < -0.3 is 24.8 Å². The number of rotatable bonds is 9. The maximum atomic E-state index is 14.0. The summed E-state index contributed by atoms with van der Waals surface area (Å²) in [4.78, 5) is 57.2. The van der Waals surface area contributed by atoms with Crippen molar-refractivity contribution in [1.82, 2.24) is 25.1 Å². The van der Waals surface area contributed by atoms with Gasteiger partial charge in [0.2, 0.25) is 0 Å². The maximum Gasteiger partial charge on any atom is 0.347 e. The van der Waals surface area contributed by atoms with Crippen LogP contribution in [0.5, 0.6) is 5.75 Å². The number of aromatic nitrogens is 2. The number of methoxy groups -OCH3 is 1. The summed E-state index contributed by atoms with van der Waals surface area (Å²) in [6, 6.07) is 5.94. The van der Waals surface area contributed by atoms with E-state index in [2.05, 4.69) is 20.2 Å². The minimum Gasteiger partial charge on any atom is -0.478 e. The predicted molar refractivity (Wildman–Crippen MR) is 171 cm³/mol. The zero-order valence-electron chi connectivity index (χ0n) is 25.6. The number of ether oxygens (including phenoxy) is 2. The van der Waals surface area contributed by atoms with Crippen molar-refractivity contribution >= 4 is 52.6 Å². The molecular weight excluding hydrogens is 653 g/mol. The molecule has 3 aliphatic heterocycles. The lowest BCUT2D eigenvalue weighted by Crippen LogP contribution is -2.53. The van der Waals surface area contributed by atoms with Gasteiger partial charge in [-0.15, -0.1) is 11.3 Å². The minimum atomic E-state index is -1.44. The molecule has 246 valence electrons. The number of hydrogen-bond donors (Lipinski definition) is 2. The first-order chi connectivity index (χ1) is 22.4. The van der Waals surface area contributed by atoms with Gasteiger partial charge in [0.25, 0.3) is 0 Å². The van der Waals surface area contributed by atoms with Crippen LogP contribution >= 0.6 is 22.9 Å². The molecule has 2 N–H and O–H groups in total. The number of piperazine rings is 1. The first-order valence-corrected chi connectivity index (χ1v) is 15.9. The van der Waals surface area contributed by atoms with Gasteiger partial charge in [0, 0.05) is 54.0 Å². The predicted octanol–water partition coefficient (Wildman–Crippen LogP) is 3.72. The van der Waals surface area contributed by atoms with Gasteiger partial charge in [-0.2, -0.15) is 0 Å². The number of fused-ring (bicyclic) bond motifs is 1. The maximum absolute atomic E-state index is 14.0. The number of amidine groups is 1. The van der Waals surface area contributed by atoms with E-state index in [-0.39, 0.29) is 28.4 Å². The molecule has 13 nitrogen and oxygen atoms in total. The van der Waals surface area contributed by atoms with E-state index in [1.54, 1.807) is 28.1 Å². The average molecular weight is 684 g/mol. The molecular formula is C31H31ClFN7O6S. The third-order valence-electron chi connectivity index (χ3n) is 8.13. The number of urea groups is 1. The van der Waals surface area contributed by atoms with Gasteiger partial charge in [-0.05, 0) is 38.1 Å². The lowest BCUT2D eigenvalue weighted by Gasteiger charge is -2.38. The highest BCUT2D eigenvalue weighted by Gasteiger charge is 2.43. The molecule has 3 aromatic rings. The Morgan fingerprint density at radius 2 is 2.00 bits per heavy atom. The fourth-order valence-corrected chi connectivity index (χ4v) is 6.59. The van der Waals surface area contributed by atoms with Gasteiger partial charge in [-0.1, -0.05) is 17.7 Å². The van der Waals surface area contributed by atoms with E-state index >= 15 is 0 Å². The molecule has 2 amide bonds. The molecule has 2 saturated heterocycles. The van der Waals surface area contributed by atoms with Crippen LogP contribution in [0.15, 0.2) is 64.4 Å². The van der Waals surface area contributed by atoms with Gasteiger partial charge >= 0.3 is 18.0 Å². The van der Waals surface area contributed by atoms with Crippen LogP contribution in [0.4, 0.5) is 15.0 Å². The quantitative estimate of drug-likeness (QED) is 0.320. The molecule has 0 bridgehead atoms. The van der Waals surface area contributed by atoms with Crippen molar-refractivity contribution in [2.75, 3.05) is 44.7 Å². The van der Waals surface area contributed by atoms with Crippen molar-refractivity contribution < 1.29 is 33.4 Å². The molecule has 0 spiro atoms. The number of anilines is 1. The molecule has 2 fully saturated rings. The largest absolute Gasteiger partial charge is 0.478 e. The van der Waals surface area contributed by atoms with Gasteiger partial charge in [0.05, 0.1) is 31.5 Å². The number of carbonyl (C=O) groups excluding carboxylic acids is 2. The molecule has 0 radical (unpaired) electrons. The zero-order chi connectivity index (χ0) is 33.5. The smallest absolute Gasteiger partial charge is 0.347 e. The molecule has 2 atom stereocenters. The summed E-state index contributed by atoms with van der Waals surface area (Å²) >= 11 is 7.84. The molecule has 5 heterocycles. The second kappa shape index (κ2) is 12.9. The van der Waals surface area contributed by atoms with Crippen molar-refractivity contribution in [3.05, 3.63) is 80.8 Å². The SMILES string of the molecule is COC(=O)C1=C(CN2CCN3C(=O)N(c4ccc(OC(C)(C)C(=O)O)cn4)C[C@@H]3C2)NC(c2nccs2)=N[C@H]1c1ccc(F)cc1Cl. The number of carbonyl (C=O) groups is 3. The van der Waals surface area contributed by atoms with Crippen molar-refractivity contribution in [3.63, 3.8) is 0 Å². The van der Waals surface area contributed by atoms with Gasteiger partial charge in [-0.25, -0.2) is 28.7 Å². The van der Waals surface area contributed by atoms with E-state index in [1.807, 2.05) is 5.38 Å². The van der Waals surface area contributed by atoms with Crippen LogP contribution in [-0.2, 0) is 14.3 Å². The summed E-state index contributed by atoms with van der Waals surface area (Å²) < 4.78 is 24.7. The standard InChI is InChI=1S/C31H31ClFN7O6S/c1-31(2,29(42)43)46-19-5-7-23(35-13-19)40-15-18-14-38(9-10-39(18)30(40)44)16-22-24(28(41)45-3)25(20-6-4-17(33)12-21(20)32)37-26(36-22)27-34-8-11-47-27/h4-8,11-13,18,25H,9-10,14-16H2,1-3H3,(H,36,37)(H,42,43)/t18-,25-/m0/s1. The summed E-state index contributed by atoms with van der Waals surface area (Å²) in [5.41, 5.74) is -0.214. The number of benzene rings is 1. The fourth-order valence-electron chi connectivity index (χ4n) is 5.73. The summed E-state index contributed by atoms with van der Waals surface area (Å²) in [5, 5.41) is 15.2. The number of nitrogens with zero attached hydrogens (tertiary/aromatic N) is 6. The van der Waals surface area contributed by atoms with Crippen LogP contribution in [0.3, 0.4) is 0 Å². The Labute approximate surface area is 278 Å². The molecule has 6 rings (SSSR count). The van der Waals surface area contributed by atoms with Gasteiger partial charge in [0.15, 0.2) is 16.4 Å². The fraction of sp³-hybridized carbons (Fsp3) is 0.355. The number of thiazole rings is 1. The number of nitrogens with one attached hydrogen (secondary N) is 1. The van der Waals surface area contributed by atoms with E-state index in [9.17, 15) is 23.9 Å². The monoisotopic (exact) mass is 683 g/mol.